The van der Waals surface area contributed by atoms with Gasteiger partial charge >= 0.3 is 5.97 Å². The molecule has 0 radical (unpaired) electrons. The maximum absolute atomic E-state index is 13.4. The molecule has 1 aliphatic heterocycles. The van der Waals surface area contributed by atoms with Gasteiger partial charge in [0.05, 0.1) is 6.04 Å². The van der Waals surface area contributed by atoms with E-state index in [2.05, 4.69) is 10.6 Å². The van der Waals surface area contributed by atoms with Crippen molar-refractivity contribution in [2.45, 2.75) is 50.9 Å². The summed E-state index contributed by atoms with van der Waals surface area (Å²) < 4.78 is 13.4. The Bertz CT molecular complexity index is 422. The third-order valence-corrected chi connectivity index (χ3v) is 3.34. The fourth-order valence-electron chi connectivity index (χ4n) is 2.27. The Kier molecular flexibility index (Phi) is 5.65. The van der Waals surface area contributed by atoms with Crippen molar-refractivity contribution in [2.75, 3.05) is 6.54 Å². The highest BCUT2D eigenvalue weighted by Gasteiger charge is 2.33. The van der Waals surface area contributed by atoms with Crippen molar-refractivity contribution in [3.63, 3.8) is 0 Å². The summed E-state index contributed by atoms with van der Waals surface area (Å²) in [5, 5.41) is 14.0. The zero-order valence-electron chi connectivity index (χ0n) is 12.2. The number of nitrogens with one attached hydrogen (secondary N) is 2. The normalized spacial score (nSPS) is 21.5. The number of nitrogens with two attached hydrogens (primary N) is 1. The van der Waals surface area contributed by atoms with Gasteiger partial charge in [-0.1, -0.05) is 0 Å². The molecule has 0 spiro atoms. The van der Waals surface area contributed by atoms with Gasteiger partial charge in [0.15, 0.2) is 0 Å². The molecule has 2 amide bonds. The molecule has 0 aliphatic carbocycles. The summed E-state index contributed by atoms with van der Waals surface area (Å²) in [7, 11) is 0. The van der Waals surface area contributed by atoms with Crippen molar-refractivity contribution >= 4 is 17.8 Å². The lowest BCUT2D eigenvalue weighted by Gasteiger charge is -2.22. The minimum Gasteiger partial charge on any atom is -0.480 e. The molecule has 21 heavy (non-hydrogen) atoms. The average Bonchev–Trinajstić information content (AvgIpc) is 2.71. The molecule has 5 N–H and O–H groups in total. The number of hydrogen-bond donors (Lipinski definition) is 4. The van der Waals surface area contributed by atoms with E-state index < -0.39 is 35.5 Å². The van der Waals surface area contributed by atoms with E-state index in [0.717, 1.165) is 0 Å². The number of carbonyl (C=O) groups is 3. The monoisotopic (exact) mass is 303 g/mol. The molecule has 0 aromatic heterocycles. The highest BCUT2D eigenvalue weighted by Crippen LogP contribution is 2.18. The molecule has 0 saturated carbocycles. The van der Waals surface area contributed by atoms with Crippen LogP contribution in [-0.4, -0.2) is 47.2 Å². The minimum atomic E-state index is -1.62. The van der Waals surface area contributed by atoms with Gasteiger partial charge in [0.2, 0.25) is 11.8 Å². The van der Waals surface area contributed by atoms with Crippen molar-refractivity contribution in [2.24, 2.45) is 11.7 Å². The number of halogens is 1. The van der Waals surface area contributed by atoms with Gasteiger partial charge in [0.1, 0.15) is 11.7 Å². The van der Waals surface area contributed by atoms with Crippen LogP contribution in [-0.2, 0) is 14.4 Å². The molecular weight excluding hydrogens is 281 g/mol. The zero-order chi connectivity index (χ0) is 16.2. The predicted octanol–water partition coefficient (Wildman–Crippen LogP) is -0.452. The minimum absolute atomic E-state index is 0.00134. The van der Waals surface area contributed by atoms with Gasteiger partial charge in [-0.15, -0.1) is 0 Å². The topological polar surface area (TPSA) is 122 Å². The number of aliphatic carboxylic acids is 1. The van der Waals surface area contributed by atoms with Crippen LogP contribution in [0.5, 0.6) is 0 Å². The Hall–Kier alpha value is -1.70. The SMILES string of the molecule is CC(C)(F)CC(N)C(=O)NC(CC1CCNC1=O)C(=O)O. The average molecular weight is 303 g/mol. The molecule has 3 unspecified atom stereocenters. The number of hydrogen-bond acceptors (Lipinski definition) is 4. The summed E-state index contributed by atoms with van der Waals surface area (Å²) in [5.74, 6) is -2.63. The Labute approximate surface area is 122 Å². The Morgan fingerprint density at radius 2 is 2.19 bits per heavy atom. The van der Waals surface area contributed by atoms with Gasteiger partial charge in [-0.05, 0) is 26.7 Å². The first-order valence-corrected chi connectivity index (χ1v) is 6.85. The van der Waals surface area contributed by atoms with Crippen LogP contribution in [0.4, 0.5) is 4.39 Å². The van der Waals surface area contributed by atoms with Crippen LogP contribution in [0.3, 0.4) is 0 Å². The molecule has 7 nitrogen and oxygen atoms in total. The smallest absolute Gasteiger partial charge is 0.326 e. The van der Waals surface area contributed by atoms with E-state index in [-0.39, 0.29) is 18.7 Å². The highest BCUT2D eigenvalue weighted by molar-refractivity contribution is 5.87. The van der Waals surface area contributed by atoms with Gasteiger partial charge in [-0.25, -0.2) is 9.18 Å². The summed E-state index contributed by atoms with van der Waals surface area (Å²) in [4.78, 5) is 34.4. The van der Waals surface area contributed by atoms with Crippen molar-refractivity contribution in [1.29, 1.82) is 0 Å². The van der Waals surface area contributed by atoms with Crippen molar-refractivity contribution in [1.82, 2.24) is 10.6 Å². The lowest BCUT2D eigenvalue weighted by Crippen LogP contribution is -2.50. The second-order valence-electron chi connectivity index (χ2n) is 5.94. The number of amides is 2. The Morgan fingerprint density at radius 1 is 1.57 bits per heavy atom. The van der Waals surface area contributed by atoms with Crippen LogP contribution < -0.4 is 16.4 Å². The quantitative estimate of drug-likeness (QED) is 0.507. The summed E-state index contributed by atoms with van der Waals surface area (Å²) in [5.41, 5.74) is 3.94. The van der Waals surface area contributed by atoms with Crippen LogP contribution in [0.25, 0.3) is 0 Å². The van der Waals surface area contributed by atoms with Crippen LogP contribution in [0.2, 0.25) is 0 Å². The van der Waals surface area contributed by atoms with E-state index in [4.69, 9.17) is 10.8 Å². The standard InChI is InChI=1S/C13H22FN3O4/c1-13(2,14)6-8(15)11(19)17-9(12(20)21)5-7-3-4-16-10(7)18/h7-9H,3-6,15H2,1-2H3,(H,16,18)(H,17,19)(H,20,21). The van der Waals surface area contributed by atoms with Crippen LogP contribution >= 0.6 is 0 Å². The lowest BCUT2D eigenvalue weighted by molar-refractivity contribution is -0.142. The molecule has 0 aromatic rings. The molecule has 8 heteroatoms. The summed E-state index contributed by atoms with van der Waals surface area (Å²) >= 11 is 0. The molecule has 1 rings (SSSR count). The maximum atomic E-state index is 13.4. The van der Waals surface area contributed by atoms with Crippen molar-refractivity contribution in [3.8, 4) is 0 Å². The summed E-state index contributed by atoms with van der Waals surface area (Å²) in [6.45, 7) is 3.08. The number of rotatable bonds is 7. The summed E-state index contributed by atoms with van der Waals surface area (Å²) in [6.07, 6.45) is 0.315. The molecule has 1 fully saturated rings. The van der Waals surface area contributed by atoms with Crippen LogP contribution in [0.1, 0.15) is 33.1 Å². The third-order valence-electron chi connectivity index (χ3n) is 3.34. The molecule has 120 valence electrons. The first kappa shape index (κ1) is 17.4. The van der Waals surface area contributed by atoms with E-state index in [0.29, 0.717) is 13.0 Å². The van der Waals surface area contributed by atoms with E-state index >= 15 is 0 Å². The highest BCUT2D eigenvalue weighted by atomic mass is 19.1. The lowest BCUT2D eigenvalue weighted by atomic mass is 9.97. The van der Waals surface area contributed by atoms with Crippen LogP contribution in [0, 0.1) is 5.92 Å². The van der Waals surface area contributed by atoms with Gasteiger partial charge in [-0.3, -0.25) is 9.59 Å². The zero-order valence-corrected chi connectivity index (χ0v) is 12.2. The summed E-state index contributed by atoms with van der Waals surface area (Å²) in [6, 6.07) is -2.34. The van der Waals surface area contributed by atoms with E-state index in [1.807, 2.05) is 0 Å². The molecule has 1 aliphatic rings. The number of alkyl halides is 1. The fourth-order valence-corrected chi connectivity index (χ4v) is 2.27. The first-order chi connectivity index (χ1) is 9.60. The predicted molar refractivity (Wildman–Crippen MR) is 73.1 cm³/mol. The second kappa shape index (κ2) is 6.84. The fraction of sp³-hybridized carbons (Fsp3) is 0.769. The van der Waals surface area contributed by atoms with E-state index in [1.54, 1.807) is 0 Å². The molecular formula is C13H22FN3O4. The van der Waals surface area contributed by atoms with Crippen LogP contribution in [0.15, 0.2) is 0 Å². The first-order valence-electron chi connectivity index (χ1n) is 6.85. The van der Waals surface area contributed by atoms with Crippen molar-refractivity contribution < 1.29 is 23.9 Å². The van der Waals surface area contributed by atoms with Gasteiger partial charge in [-0.2, -0.15) is 0 Å². The van der Waals surface area contributed by atoms with Gasteiger partial charge in [0.25, 0.3) is 0 Å². The number of carboxylic acid groups (broad SMARTS) is 1. The largest absolute Gasteiger partial charge is 0.480 e. The molecule has 1 heterocycles. The number of carboxylic acids is 1. The number of carbonyl (C=O) groups excluding carboxylic acids is 2. The second-order valence-corrected chi connectivity index (χ2v) is 5.94. The Morgan fingerprint density at radius 3 is 2.62 bits per heavy atom. The molecule has 3 atom stereocenters. The molecule has 0 aromatic carbocycles. The van der Waals surface area contributed by atoms with Gasteiger partial charge < -0.3 is 21.5 Å². The Balaban J connectivity index is 2.59. The third kappa shape index (κ3) is 5.66. The van der Waals surface area contributed by atoms with Gasteiger partial charge in [0, 0.05) is 18.9 Å². The molecule has 0 bridgehead atoms. The molecule has 1 saturated heterocycles. The van der Waals surface area contributed by atoms with Crippen molar-refractivity contribution in [3.05, 3.63) is 0 Å². The maximum Gasteiger partial charge on any atom is 0.326 e. The van der Waals surface area contributed by atoms with E-state index in [1.165, 1.54) is 13.8 Å². The van der Waals surface area contributed by atoms with E-state index in [9.17, 15) is 18.8 Å².